The smallest absolute Gasteiger partial charge is 0.0725 e. The SMILES string of the molecule is c1ccc2nc(-c3cncc(N4CCCNCC4)c3)ccc2c1. The maximum atomic E-state index is 4.78. The Balaban J connectivity index is 1.69. The van der Waals surface area contributed by atoms with E-state index in [9.17, 15) is 0 Å². The monoisotopic (exact) mass is 304 g/mol. The molecule has 1 aliphatic rings. The lowest BCUT2D eigenvalue weighted by Gasteiger charge is -2.22. The summed E-state index contributed by atoms with van der Waals surface area (Å²) in [5.74, 6) is 0. The van der Waals surface area contributed by atoms with Crippen molar-refractivity contribution in [1.82, 2.24) is 15.3 Å². The molecule has 3 aromatic rings. The average molecular weight is 304 g/mol. The summed E-state index contributed by atoms with van der Waals surface area (Å²) in [6.45, 7) is 4.22. The molecule has 0 radical (unpaired) electrons. The predicted molar refractivity (Wildman–Crippen MR) is 94.7 cm³/mol. The summed E-state index contributed by atoms with van der Waals surface area (Å²) in [6.07, 6.45) is 5.02. The highest BCUT2D eigenvalue weighted by Gasteiger charge is 2.11. The van der Waals surface area contributed by atoms with Gasteiger partial charge in [-0.05, 0) is 31.2 Å². The van der Waals surface area contributed by atoms with Gasteiger partial charge in [-0.15, -0.1) is 0 Å². The molecule has 4 heteroatoms. The molecule has 1 aliphatic heterocycles. The highest BCUT2D eigenvalue weighted by atomic mass is 15.2. The number of hydrogen-bond donors (Lipinski definition) is 1. The van der Waals surface area contributed by atoms with Crippen molar-refractivity contribution in [2.24, 2.45) is 0 Å². The number of rotatable bonds is 2. The van der Waals surface area contributed by atoms with Crippen molar-refractivity contribution in [2.45, 2.75) is 6.42 Å². The van der Waals surface area contributed by atoms with Gasteiger partial charge in [0.2, 0.25) is 0 Å². The second kappa shape index (κ2) is 6.34. The van der Waals surface area contributed by atoms with Gasteiger partial charge in [0.15, 0.2) is 0 Å². The van der Waals surface area contributed by atoms with Crippen LogP contribution in [0.4, 0.5) is 5.69 Å². The third kappa shape index (κ3) is 3.03. The van der Waals surface area contributed by atoms with Gasteiger partial charge >= 0.3 is 0 Å². The van der Waals surface area contributed by atoms with Crippen LogP contribution in [-0.4, -0.2) is 36.1 Å². The van der Waals surface area contributed by atoms with E-state index in [-0.39, 0.29) is 0 Å². The Morgan fingerprint density at radius 3 is 2.91 bits per heavy atom. The van der Waals surface area contributed by atoms with Crippen molar-refractivity contribution >= 4 is 16.6 Å². The molecule has 23 heavy (non-hydrogen) atoms. The normalized spacial score (nSPS) is 15.6. The molecule has 2 aromatic heterocycles. The van der Waals surface area contributed by atoms with Crippen molar-refractivity contribution in [3.63, 3.8) is 0 Å². The van der Waals surface area contributed by atoms with Crippen molar-refractivity contribution in [1.29, 1.82) is 0 Å². The van der Waals surface area contributed by atoms with Crippen molar-refractivity contribution in [3.05, 3.63) is 54.9 Å². The number of pyridine rings is 2. The molecule has 0 bridgehead atoms. The quantitative estimate of drug-likeness (QED) is 0.790. The van der Waals surface area contributed by atoms with Crippen LogP contribution < -0.4 is 10.2 Å². The van der Waals surface area contributed by atoms with E-state index in [2.05, 4.69) is 45.5 Å². The van der Waals surface area contributed by atoms with Crippen LogP contribution in [0.15, 0.2) is 54.9 Å². The molecule has 0 unspecified atom stereocenters. The molecule has 3 heterocycles. The van der Waals surface area contributed by atoms with Gasteiger partial charge in [-0.25, -0.2) is 4.98 Å². The van der Waals surface area contributed by atoms with E-state index in [4.69, 9.17) is 4.98 Å². The number of fused-ring (bicyclic) bond motifs is 1. The average Bonchev–Trinajstić information content (AvgIpc) is 2.91. The highest BCUT2D eigenvalue weighted by Crippen LogP contribution is 2.24. The maximum Gasteiger partial charge on any atom is 0.0725 e. The second-order valence-corrected chi connectivity index (χ2v) is 5.91. The largest absolute Gasteiger partial charge is 0.369 e. The van der Waals surface area contributed by atoms with Crippen LogP contribution in [0, 0.1) is 0 Å². The van der Waals surface area contributed by atoms with E-state index in [1.807, 2.05) is 24.5 Å². The first-order chi connectivity index (χ1) is 11.4. The molecule has 1 N–H and O–H groups in total. The van der Waals surface area contributed by atoms with E-state index >= 15 is 0 Å². The summed E-state index contributed by atoms with van der Waals surface area (Å²) >= 11 is 0. The maximum absolute atomic E-state index is 4.78. The minimum absolute atomic E-state index is 0.978. The number of nitrogens with zero attached hydrogens (tertiary/aromatic N) is 3. The topological polar surface area (TPSA) is 41.1 Å². The molecule has 1 aromatic carbocycles. The molecule has 1 fully saturated rings. The lowest BCUT2D eigenvalue weighted by atomic mass is 10.1. The van der Waals surface area contributed by atoms with Gasteiger partial charge in [-0.1, -0.05) is 24.3 Å². The van der Waals surface area contributed by atoms with E-state index in [0.29, 0.717) is 0 Å². The Hall–Kier alpha value is -2.46. The first-order valence-corrected chi connectivity index (χ1v) is 8.17. The number of aromatic nitrogens is 2. The van der Waals surface area contributed by atoms with Gasteiger partial charge in [0.1, 0.15) is 0 Å². The Bertz CT molecular complexity index is 807. The second-order valence-electron chi connectivity index (χ2n) is 5.91. The van der Waals surface area contributed by atoms with Gasteiger partial charge in [0, 0.05) is 36.8 Å². The number of benzene rings is 1. The fourth-order valence-electron chi connectivity index (χ4n) is 3.07. The molecular weight excluding hydrogens is 284 g/mol. The molecule has 4 rings (SSSR count). The van der Waals surface area contributed by atoms with E-state index < -0.39 is 0 Å². The summed E-state index contributed by atoms with van der Waals surface area (Å²) in [5.41, 5.74) is 4.26. The Labute approximate surface area is 136 Å². The molecule has 1 saturated heterocycles. The molecule has 0 aliphatic carbocycles. The fraction of sp³-hybridized carbons (Fsp3) is 0.263. The molecule has 116 valence electrons. The van der Waals surface area contributed by atoms with Crippen LogP contribution in [-0.2, 0) is 0 Å². The molecule has 0 atom stereocenters. The zero-order chi connectivity index (χ0) is 15.5. The Morgan fingerprint density at radius 2 is 1.91 bits per heavy atom. The Kier molecular flexibility index (Phi) is 3.90. The van der Waals surface area contributed by atoms with Crippen LogP contribution in [0.1, 0.15) is 6.42 Å². The molecular formula is C19H20N4. The zero-order valence-corrected chi connectivity index (χ0v) is 13.1. The first kappa shape index (κ1) is 14.2. The van der Waals surface area contributed by atoms with Crippen molar-refractivity contribution in [2.75, 3.05) is 31.1 Å². The van der Waals surface area contributed by atoms with Crippen LogP contribution >= 0.6 is 0 Å². The minimum atomic E-state index is 0.978. The van der Waals surface area contributed by atoms with Gasteiger partial charge in [0.25, 0.3) is 0 Å². The van der Waals surface area contributed by atoms with Crippen molar-refractivity contribution < 1.29 is 0 Å². The Morgan fingerprint density at radius 1 is 0.957 bits per heavy atom. The van der Waals surface area contributed by atoms with E-state index in [1.165, 1.54) is 17.5 Å². The summed E-state index contributed by atoms with van der Waals surface area (Å²) < 4.78 is 0. The van der Waals surface area contributed by atoms with Gasteiger partial charge in [-0.3, -0.25) is 4.98 Å². The number of nitrogens with one attached hydrogen (secondary N) is 1. The van der Waals surface area contributed by atoms with E-state index in [1.54, 1.807) is 0 Å². The van der Waals surface area contributed by atoms with Crippen molar-refractivity contribution in [3.8, 4) is 11.3 Å². The number of anilines is 1. The summed E-state index contributed by atoms with van der Waals surface area (Å²) in [6, 6.07) is 14.6. The van der Waals surface area contributed by atoms with E-state index in [0.717, 1.165) is 43.0 Å². The third-order valence-corrected chi connectivity index (χ3v) is 4.32. The fourth-order valence-corrected chi connectivity index (χ4v) is 3.07. The van der Waals surface area contributed by atoms with Crippen LogP contribution in [0.25, 0.3) is 22.2 Å². The van der Waals surface area contributed by atoms with Crippen LogP contribution in [0.2, 0.25) is 0 Å². The molecule has 4 nitrogen and oxygen atoms in total. The summed E-state index contributed by atoms with van der Waals surface area (Å²) in [4.78, 5) is 11.6. The lowest BCUT2D eigenvalue weighted by Crippen LogP contribution is -2.27. The zero-order valence-electron chi connectivity index (χ0n) is 13.1. The molecule has 0 saturated carbocycles. The van der Waals surface area contributed by atoms with Gasteiger partial charge in [0.05, 0.1) is 23.1 Å². The lowest BCUT2D eigenvalue weighted by molar-refractivity contribution is 0.724. The standard InChI is InChI=1S/C19H20N4/c1-2-5-18-15(4-1)6-7-19(22-18)16-12-17(14-21-13-16)23-10-3-8-20-9-11-23/h1-2,4-7,12-14,20H,3,8-11H2. The number of hydrogen-bond acceptors (Lipinski definition) is 4. The first-order valence-electron chi connectivity index (χ1n) is 8.17. The van der Waals surface area contributed by atoms with Gasteiger partial charge in [-0.2, -0.15) is 0 Å². The van der Waals surface area contributed by atoms with Crippen LogP contribution in [0.5, 0.6) is 0 Å². The minimum Gasteiger partial charge on any atom is -0.369 e. The number of para-hydroxylation sites is 1. The highest BCUT2D eigenvalue weighted by molar-refractivity contribution is 5.81. The summed E-state index contributed by atoms with van der Waals surface area (Å²) in [5, 5.41) is 4.60. The van der Waals surface area contributed by atoms with Gasteiger partial charge < -0.3 is 10.2 Å². The summed E-state index contributed by atoms with van der Waals surface area (Å²) in [7, 11) is 0. The third-order valence-electron chi connectivity index (χ3n) is 4.32. The predicted octanol–water partition coefficient (Wildman–Crippen LogP) is 3.10. The molecule has 0 amide bonds. The molecule has 0 spiro atoms. The van der Waals surface area contributed by atoms with Crippen LogP contribution in [0.3, 0.4) is 0 Å².